The van der Waals surface area contributed by atoms with Gasteiger partial charge in [-0.1, -0.05) is 27.7 Å². The maximum absolute atomic E-state index is 4.60. The first kappa shape index (κ1) is 15.1. The fourth-order valence-electron chi connectivity index (χ4n) is 3.31. The van der Waals surface area contributed by atoms with Gasteiger partial charge in [-0.3, -0.25) is 0 Å². The Labute approximate surface area is 123 Å². The highest BCUT2D eigenvalue weighted by Crippen LogP contribution is 2.41. The van der Waals surface area contributed by atoms with Gasteiger partial charge in [0.05, 0.1) is 0 Å². The normalized spacial score (nSPS) is 17.8. The smallest absolute Gasteiger partial charge is 0.137 e. The minimum absolute atomic E-state index is 0.423. The highest BCUT2D eigenvalue weighted by atomic mass is 15.2. The molecule has 0 spiro atoms. The summed E-state index contributed by atoms with van der Waals surface area (Å²) in [5.41, 5.74) is 1.72. The quantitative estimate of drug-likeness (QED) is 0.891. The van der Waals surface area contributed by atoms with Crippen LogP contribution in [0.25, 0.3) is 0 Å². The Hall–Kier alpha value is -1.32. The van der Waals surface area contributed by atoms with Crippen LogP contribution in [0.4, 0.5) is 11.6 Å². The minimum atomic E-state index is 0.423. The third-order valence-electron chi connectivity index (χ3n) is 4.91. The van der Waals surface area contributed by atoms with Gasteiger partial charge in [0.1, 0.15) is 18.0 Å². The van der Waals surface area contributed by atoms with Gasteiger partial charge in [-0.25, -0.2) is 9.97 Å². The van der Waals surface area contributed by atoms with E-state index >= 15 is 0 Å². The van der Waals surface area contributed by atoms with Crippen molar-refractivity contribution in [3.63, 3.8) is 0 Å². The lowest BCUT2D eigenvalue weighted by molar-refractivity contribution is 0.301. The van der Waals surface area contributed by atoms with Crippen LogP contribution >= 0.6 is 0 Å². The van der Waals surface area contributed by atoms with Crippen molar-refractivity contribution >= 4 is 11.6 Å². The summed E-state index contributed by atoms with van der Waals surface area (Å²) in [6.07, 6.45) is 5.46. The van der Waals surface area contributed by atoms with Gasteiger partial charge in [-0.2, -0.15) is 0 Å². The van der Waals surface area contributed by atoms with Crippen LogP contribution in [0, 0.1) is 5.41 Å². The van der Waals surface area contributed by atoms with E-state index in [1.807, 2.05) is 7.05 Å². The number of hydrogen-bond acceptors (Lipinski definition) is 4. The van der Waals surface area contributed by atoms with Gasteiger partial charge in [-0.05, 0) is 30.6 Å². The summed E-state index contributed by atoms with van der Waals surface area (Å²) in [7, 11) is 1.93. The second-order valence-corrected chi connectivity index (χ2v) is 6.24. The van der Waals surface area contributed by atoms with Crippen LogP contribution in [-0.4, -0.2) is 30.1 Å². The molecule has 0 saturated carbocycles. The molecule has 20 heavy (non-hydrogen) atoms. The van der Waals surface area contributed by atoms with E-state index in [0.717, 1.165) is 24.7 Å². The van der Waals surface area contributed by atoms with E-state index in [1.54, 1.807) is 6.33 Å². The topological polar surface area (TPSA) is 41.1 Å². The number of nitrogens with one attached hydrogen (secondary N) is 1. The molecule has 112 valence electrons. The van der Waals surface area contributed by atoms with Crippen LogP contribution in [0.2, 0.25) is 0 Å². The molecule has 1 saturated heterocycles. The monoisotopic (exact) mass is 276 g/mol. The molecule has 1 aromatic heterocycles. The van der Waals surface area contributed by atoms with E-state index in [2.05, 4.69) is 47.9 Å². The van der Waals surface area contributed by atoms with Gasteiger partial charge in [0, 0.05) is 25.7 Å². The van der Waals surface area contributed by atoms with Crippen LogP contribution in [0.3, 0.4) is 0 Å². The lowest BCUT2D eigenvalue weighted by Gasteiger charge is -2.28. The summed E-state index contributed by atoms with van der Waals surface area (Å²) >= 11 is 0. The number of nitrogens with zero attached hydrogens (tertiary/aromatic N) is 3. The molecule has 1 aliphatic heterocycles. The Bertz CT molecular complexity index is 452. The minimum Gasteiger partial charge on any atom is -0.373 e. The predicted molar refractivity (Wildman–Crippen MR) is 85.5 cm³/mol. The molecule has 0 amide bonds. The largest absolute Gasteiger partial charge is 0.373 e. The first-order chi connectivity index (χ1) is 9.56. The molecule has 1 fully saturated rings. The molecular formula is C16H28N4. The molecule has 0 aliphatic carbocycles. The Balaban J connectivity index is 2.35. The molecule has 0 aromatic carbocycles. The van der Waals surface area contributed by atoms with E-state index in [0.29, 0.717) is 11.3 Å². The van der Waals surface area contributed by atoms with E-state index in [9.17, 15) is 0 Å². The highest BCUT2D eigenvalue weighted by molar-refractivity contribution is 5.60. The van der Waals surface area contributed by atoms with Crippen molar-refractivity contribution < 1.29 is 0 Å². The Kier molecular flexibility index (Phi) is 4.51. The average molecular weight is 276 g/mol. The second kappa shape index (κ2) is 5.98. The third kappa shape index (κ3) is 2.60. The molecule has 0 radical (unpaired) electrons. The standard InChI is InChI=1S/C16H28N4/c1-6-16(7-2)8-9-20(10-16)15-13(12(3)4)14(17-5)18-11-19-15/h11-12H,6-10H2,1-5H3,(H,17,18,19). The summed E-state index contributed by atoms with van der Waals surface area (Å²) in [6.45, 7) is 11.3. The molecule has 2 rings (SSSR count). The molecule has 1 aliphatic rings. The summed E-state index contributed by atoms with van der Waals surface area (Å²) in [4.78, 5) is 11.4. The van der Waals surface area contributed by atoms with Crippen LogP contribution in [0.1, 0.15) is 58.4 Å². The van der Waals surface area contributed by atoms with E-state index in [4.69, 9.17) is 0 Å². The molecule has 4 nitrogen and oxygen atoms in total. The van der Waals surface area contributed by atoms with Crippen molar-refractivity contribution in [2.75, 3.05) is 30.4 Å². The van der Waals surface area contributed by atoms with Crippen LogP contribution in [-0.2, 0) is 0 Å². The van der Waals surface area contributed by atoms with Crippen molar-refractivity contribution in [3.8, 4) is 0 Å². The maximum Gasteiger partial charge on any atom is 0.137 e. The summed E-state index contributed by atoms with van der Waals surface area (Å²) in [5, 5.41) is 3.21. The van der Waals surface area contributed by atoms with Crippen molar-refractivity contribution in [2.45, 2.75) is 52.9 Å². The number of anilines is 2. The van der Waals surface area contributed by atoms with Gasteiger partial charge in [0.2, 0.25) is 0 Å². The van der Waals surface area contributed by atoms with E-state index in [1.165, 1.54) is 24.8 Å². The highest BCUT2D eigenvalue weighted by Gasteiger charge is 2.36. The van der Waals surface area contributed by atoms with Crippen molar-refractivity contribution in [3.05, 3.63) is 11.9 Å². The number of aromatic nitrogens is 2. The Morgan fingerprint density at radius 2 is 2.00 bits per heavy atom. The number of hydrogen-bond donors (Lipinski definition) is 1. The van der Waals surface area contributed by atoms with Gasteiger partial charge in [0.25, 0.3) is 0 Å². The molecule has 1 N–H and O–H groups in total. The van der Waals surface area contributed by atoms with Crippen LogP contribution < -0.4 is 10.2 Å². The van der Waals surface area contributed by atoms with Gasteiger partial charge >= 0.3 is 0 Å². The zero-order valence-electron chi connectivity index (χ0n) is 13.5. The molecule has 0 bridgehead atoms. The van der Waals surface area contributed by atoms with Crippen molar-refractivity contribution in [1.29, 1.82) is 0 Å². The van der Waals surface area contributed by atoms with Crippen LogP contribution in [0.5, 0.6) is 0 Å². The maximum atomic E-state index is 4.60. The van der Waals surface area contributed by atoms with Crippen molar-refractivity contribution in [2.24, 2.45) is 5.41 Å². The molecule has 0 atom stereocenters. The zero-order chi connectivity index (χ0) is 14.8. The first-order valence-electron chi connectivity index (χ1n) is 7.84. The van der Waals surface area contributed by atoms with Gasteiger partial charge in [-0.15, -0.1) is 0 Å². The molecule has 1 aromatic rings. The van der Waals surface area contributed by atoms with Gasteiger partial charge in [0.15, 0.2) is 0 Å². The predicted octanol–water partition coefficient (Wildman–Crippen LogP) is 3.66. The fraction of sp³-hybridized carbons (Fsp3) is 0.750. The third-order valence-corrected chi connectivity index (χ3v) is 4.91. The zero-order valence-corrected chi connectivity index (χ0v) is 13.5. The fourth-order valence-corrected chi connectivity index (χ4v) is 3.31. The Morgan fingerprint density at radius 3 is 2.50 bits per heavy atom. The average Bonchev–Trinajstić information content (AvgIpc) is 2.91. The molecular weight excluding hydrogens is 248 g/mol. The van der Waals surface area contributed by atoms with Crippen LogP contribution in [0.15, 0.2) is 6.33 Å². The summed E-state index contributed by atoms with van der Waals surface area (Å²) in [5.74, 6) is 2.52. The summed E-state index contributed by atoms with van der Waals surface area (Å²) < 4.78 is 0. The SMILES string of the molecule is CCC1(CC)CCN(c2ncnc(NC)c2C(C)C)C1. The molecule has 2 heterocycles. The van der Waals surface area contributed by atoms with Crippen molar-refractivity contribution in [1.82, 2.24) is 9.97 Å². The second-order valence-electron chi connectivity index (χ2n) is 6.24. The lowest BCUT2D eigenvalue weighted by Crippen LogP contribution is -2.28. The summed E-state index contributed by atoms with van der Waals surface area (Å²) in [6, 6.07) is 0. The first-order valence-corrected chi connectivity index (χ1v) is 7.84. The number of rotatable bonds is 5. The Morgan fingerprint density at radius 1 is 1.30 bits per heavy atom. The molecule has 4 heteroatoms. The lowest BCUT2D eigenvalue weighted by atomic mass is 9.82. The molecule has 0 unspecified atom stereocenters. The van der Waals surface area contributed by atoms with E-state index in [-0.39, 0.29) is 0 Å². The van der Waals surface area contributed by atoms with E-state index < -0.39 is 0 Å². The van der Waals surface area contributed by atoms with Gasteiger partial charge < -0.3 is 10.2 Å².